The summed E-state index contributed by atoms with van der Waals surface area (Å²) in [6.45, 7) is -0.144. The first kappa shape index (κ1) is 13.1. The molecule has 0 unspecified atom stereocenters. The minimum Gasteiger partial charge on any atom is -0.459 e. The number of pyridine rings is 1. The van der Waals surface area contributed by atoms with Gasteiger partial charge in [0.15, 0.2) is 0 Å². The molecule has 0 spiro atoms. The molecule has 6 heteroatoms. The summed E-state index contributed by atoms with van der Waals surface area (Å²) in [5.41, 5.74) is 5.95. The summed E-state index contributed by atoms with van der Waals surface area (Å²) < 4.78 is 4.89. The van der Waals surface area contributed by atoms with Gasteiger partial charge in [-0.25, -0.2) is 0 Å². The van der Waals surface area contributed by atoms with Crippen LogP contribution in [0.5, 0.6) is 0 Å². The second-order valence-electron chi connectivity index (χ2n) is 3.41. The average molecular weight is 238 g/mol. The number of primary amides is 1. The molecule has 0 saturated carbocycles. The number of aromatic nitrogens is 1. The molecule has 0 atom stereocenters. The van der Waals surface area contributed by atoms with Crippen LogP contribution in [-0.4, -0.2) is 22.0 Å². The number of nitrogens with zero attached hydrogens (tertiary/aromatic N) is 1. The third-order valence-corrected chi connectivity index (χ3v) is 1.98. The van der Waals surface area contributed by atoms with E-state index >= 15 is 0 Å². The summed E-state index contributed by atoms with van der Waals surface area (Å²) in [5.74, 6) is -1.04. The molecular weight excluding hydrogens is 224 g/mol. The van der Waals surface area contributed by atoms with Crippen LogP contribution in [0, 0.1) is 0 Å². The Labute approximate surface area is 98.4 Å². The number of carbonyl (C=O) groups is 2. The summed E-state index contributed by atoms with van der Waals surface area (Å²) >= 11 is 0. The van der Waals surface area contributed by atoms with Gasteiger partial charge < -0.3 is 15.6 Å². The maximum atomic E-state index is 11.2. The van der Waals surface area contributed by atoms with Crippen LogP contribution in [0.15, 0.2) is 18.2 Å². The van der Waals surface area contributed by atoms with Gasteiger partial charge in [0, 0.05) is 6.42 Å². The molecule has 1 aromatic rings. The molecule has 92 valence electrons. The van der Waals surface area contributed by atoms with Crippen molar-refractivity contribution >= 4 is 11.9 Å². The Morgan fingerprint density at radius 1 is 1.29 bits per heavy atom. The second-order valence-corrected chi connectivity index (χ2v) is 3.41. The van der Waals surface area contributed by atoms with Crippen LogP contribution in [-0.2, 0) is 27.5 Å². The summed E-state index contributed by atoms with van der Waals surface area (Å²) in [6.07, 6.45) is -0.0576. The third kappa shape index (κ3) is 5.07. The predicted octanol–water partition coefficient (Wildman–Crippen LogP) is -0.117. The topological polar surface area (TPSA) is 103 Å². The van der Waals surface area contributed by atoms with Crippen LogP contribution >= 0.6 is 0 Å². The van der Waals surface area contributed by atoms with Crippen molar-refractivity contribution in [1.82, 2.24) is 4.98 Å². The number of esters is 1. The van der Waals surface area contributed by atoms with Gasteiger partial charge in [0.25, 0.3) is 0 Å². The molecule has 0 fully saturated rings. The van der Waals surface area contributed by atoms with Gasteiger partial charge in [-0.1, -0.05) is 6.07 Å². The summed E-state index contributed by atoms with van der Waals surface area (Å²) in [6, 6.07) is 5.06. The Balaban J connectivity index is 2.39. The molecule has 1 amide bonds. The normalized spacial score (nSPS) is 9.94. The Bertz CT molecular complexity index is 406. The highest BCUT2D eigenvalue weighted by atomic mass is 16.5. The van der Waals surface area contributed by atoms with Gasteiger partial charge in [-0.3, -0.25) is 14.6 Å². The number of amides is 1. The van der Waals surface area contributed by atoms with Gasteiger partial charge in [-0.2, -0.15) is 0 Å². The van der Waals surface area contributed by atoms with Crippen molar-refractivity contribution in [1.29, 1.82) is 0 Å². The van der Waals surface area contributed by atoms with E-state index in [9.17, 15) is 9.59 Å². The zero-order valence-corrected chi connectivity index (χ0v) is 9.26. The van der Waals surface area contributed by atoms with Crippen molar-refractivity contribution in [3.63, 3.8) is 0 Å². The number of rotatable bonds is 6. The van der Waals surface area contributed by atoms with E-state index in [0.717, 1.165) is 0 Å². The number of hydrogen-bond donors (Lipinski definition) is 2. The van der Waals surface area contributed by atoms with E-state index in [0.29, 0.717) is 11.4 Å². The maximum Gasteiger partial charge on any atom is 0.306 e. The highest BCUT2D eigenvalue weighted by molar-refractivity contribution is 5.79. The predicted molar refractivity (Wildman–Crippen MR) is 58.4 cm³/mol. The fourth-order valence-electron chi connectivity index (χ4n) is 1.15. The first-order valence-corrected chi connectivity index (χ1v) is 5.11. The van der Waals surface area contributed by atoms with Gasteiger partial charge >= 0.3 is 5.97 Å². The van der Waals surface area contributed by atoms with Crippen molar-refractivity contribution < 1.29 is 19.4 Å². The zero-order valence-electron chi connectivity index (χ0n) is 9.26. The second kappa shape index (κ2) is 6.59. The van der Waals surface area contributed by atoms with Crippen LogP contribution in [0.2, 0.25) is 0 Å². The van der Waals surface area contributed by atoms with Crippen LogP contribution in [0.25, 0.3) is 0 Å². The minimum atomic E-state index is -0.539. The molecule has 0 bridgehead atoms. The molecule has 17 heavy (non-hydrogen) atoms. The Kier molecular flexibility index (Phi) is 5.09. The number of aliphatic hydroxyl groups excluding tert-OH is 1. The van der Waals surface area contributed by atoms with Gasteiger partial charge in [-0.15, -0.1) is 0 Å². The molecule has 3 N–H and O–H groups in total. The fourth-order valence-corrected chi connectivity index (χ4v) is 1.15. The van der Waals surface area contributed by atoms with E-state index in [1.54, 1.807) is 18.2 Å². The first-order chi connectivity index (χ1) is 8.11. The van der Waals surface area contributed by atoms with E-state index in [4.69, 9.17) is 15.6 Å². The van der Waals surface area contributed by atoms with Crippen LogP contribution in [0.1, 0.15) is 24.2 Å². The summed E-state index contributed by atoms with van der Waals surface area (Å²) in [7, 11) is 0. The van der Waals surface area contributed by atoms with Gasteiger partial charge in [0.05, 0.1) is 24.4 Å². The SMILES string of the molecule is NC(=O)CCC(=O)OCc1cccc(CO)n1. The molecule has 0 saturated heterocycles. The van der Waals surface area contributed by atoms with E-state index in [2.05, 4.69) is 4.98 Å². The lowest BCUT2D eigenvalue weighted by Gasteiger charge is -2.04. The number of nitrogens with two attached hydrogens (primary N) is 1. The lowest BCUT2D eigenvalue weighted by Crippen LogP contribution is -2.14. The highest BCUT2D eigenvalue weighted by Crippen LogP contribution is 2.02. The Morgan fingerprint density at radius 2 is 2.00 bits per heavy atom. The summed E-state index contributed by atoms with van der Waals surface area (Å²) in [4.78, 5) is 25.6. The number of hydrogen-bond acceptors (Lipinski definition) is 5. The number of ether oxygens (including phenoxy) is 1. The van der Waals surface area contributed by atoms with Crippen molar-refractivity contribution in [2.24, 2.45) is 5.73 Å². The number of carbonyl (C=O) groups excluding carboxylic acids is 2. The maximum absolute atomic E-state index is 11.2. The lowest BCUT2D eigenvalue weighted by atomic mass is 10.3. The molecular formula is C11H14N2O4. The van der Waals surface area contributed by atoms with E-state index in [1.807, 2.05) is 0 Å². The van der Waals surface area contributed by atoms with E-state index < -0.39 is 11.9 Å². The number of aliphatic hydroxyl groups is 1. The van der Waals surface area contributed by atoms with Crippen molar-refractivity contribution in [2.45, 2.75) is 26.1 Å². The molecule has 0 aromatic carbocycles. The largest absolute Gasteiger partial charge is 0.459 e. The van der Waals surface area contributed by atoms with Crippen LogP contribution in [0.3, 0.4) is 0 Å². The van der Waals surface area contributed by atoms with E-state index in [-0.39, 0.29) is 26.1 Å². The molecule has 1 heterocycles. The standard InChI is InChI=1S/C11H14N2O4/c12-10(15)4-5-11(16)17-7-9-3-1-2-8(6-14)13-9/h1-3,14H,4-7H2,(H2,12,15). The fraction of sp³-hybridized carbons (Fsp3) is 0.364. The van der Waals surface area contributed by atoms with Crippen LogP contribution < -0.4 is 5.73 Å². The van der Waals surface area contributed by atoms with Crippen LogP contribution in [0.4, 0.5) is 0 Å². The quantitative estimate of drug-likeness (QED) is 0.673. The van der Waals surface area contributed by atoms with Gasteiger partial charge in [-0.05, 0) is 12.1 Å². The smallest absolute Gasteiger partial charge is 0.306 e. The first-order valence-electron chi connectivity index (χ1n) is 5.11. The monoisotopic (exact) mass is 238 g/mol. The molecule has 6 nitrogen and oxygen atoms in total. The minimum absolute atomic E-state index is 0.0193. The van der Waals surface area contributed by atoms with E-state index in [1.165, 1.54) is 0 Å². The molecule has 0 aliphatic heterocycles. The molecule has 0 radical (unpaired) electrons. The van der Waals surface area contributed by atoms with Gasteiger partial charge in [0.2, 0.25) is 5.91 Å². The third-order valence-electron chi connectivity index (χ3n) is 1.98. The average Bonchev–Trinajstić information content (AvgIpc) is 2.34. The van der Waals surface area contributed by atoms with Crippen molar-refractivity contribution in [2.75, 3.05) is 0 Å². The highest BCUT2D eigenvalue weighted by Gasteiger charge is 2.06. The van der Waals surface area contributed by atoms with Crippen molar-refractivity contribution in [3.05, 3.63) is 29.6 Å². The van der Waals surface area contributed by atoms with Crippen molar-refractivity contribution in [3.8, 4) is 0 Å². The summed E-state index contributed by atoms with van der Waals surface area (Å²) in [5, 5.41) is 8.86. The Morgan fingerprint density at radius 3 is 2.65 bits per heavy atom. The lowest BCUT2D eigenvalue weighted by molar-refractivity contribution is -0.146. The zero-order chi connectivity index (χ0) is 12.7. The molecule has 0 aliphatic carbocycles. The Hall–Kier alpha value is -1.95. The molecule has 1 rings (SSSR count). The molecule has 0 aliphatic rings. The molecule has 1 aromatic heterocycles. The van der Waals surface area contributed by atoms with Gasteiger partial charge in [0.1, 0.15) is 6.61 Å².